The second-order valence-electron chi connectivity index (χ2n) is 4.49. The smallest absolute Gasteiger partial charge is 0.216 e. The molecule has 0 N–H and O–H groups in total. The van der Waals surface area contributed by atoms with Gasteiger partial charge in [-0.25, -0.2) is 8.42 Å². The molecule has 5 heteroatoms. The summed E-state index contributed by atoms with van der Waals surface area (Å²) in [4.78, 5) is -0.247. The normalized spacial score (nSPS) is 12.0. The van der Waals surface area contributed by atoms with Crippen molar-refractivity contribution in [3.63, 3.8) is 0 Å². The molecule has 0 aliphatic heterocycles. The summed E-state index contributed by atoms with van der Waals surface area (Å²) in [7, 11) is -3.84. The average Bonchev–Trinajstić information content (AvgIpc) is 2.45. The Kier molecular flexibility index (Phi) is 4.46. The standard InChI is InChI=1S/C16H12ClNO2S/c1-12-3-2-4-13(9-12)10-16(11-18)21(19,20)15-7-5-14(17)6-8-15/h2-10H,1H3. The molecule has 0 amide bonds. The molecule has 0 fully saturated rings. The van der Waals surface area contributed by atoms with Crippen LogP contribution in [0, 0.1) is 18.3 Å². The fraction of sp³-hybridized carbons (Fsp3) is 0.0625. The molecule has 0 unspecified atom stereocenters. The maximum absolute atomic E-state index is 12.4. The number of aryl methyl sites for hydroxylation is 1. The van der Waals surface area contributed by atoms with Crippen LogP contribution in [0.25, 0.3) is 6.08 Å². The number of allylic oxidation sites excluding steroid dienone is 1. The van der Waals surface area contributed by atoms with E-state index in [1.165, 1.54) is 30.3 Å². The highest BCUT2D eigenvalue weighted by Gasteiger charge is 2.20. The van der Waals surface area contributed by atoms with Crippen molar-refractivity contribution in [3.05, 3.63) is 69.6 Å². The zero-order valence-corrected chi connectivity index (χ0v) is 12.8. The van der Waals surface area contributed by atoms with E-state index in [9.17, 15) is 13.7 Å². The molecule has 0 heterocycles. The number of benzene rings is 2. The highest BCUT2D eigenvalue weighted by atomic mass is 35.5. The summed E-state index contributed by atoms with van der Waals surface area (Å²) < 4.78 is 24.9. The van der Waals surface area contributed by atoms with Crippen LogP contribution in [0.15, 0.2) is 58.3 Å². The van der Waals surface area contributed by atoms with Crippen LogP contribution in [0.2, 0.25) is 5.02 Å². The summed E-state index contributed by atoms with van der Waals surface area (Å²) >= 11 is 5.75. The van der Waals surface area contributed by atoms with Gasteiger partial charge in [0.1, 0.15) is 11.0 Å². The summed E-state index contributed by atoms with van der Waals surface area (Å²) in [6, 6.07) is 14.8. The number of hydrogen-bond acceptors (Lipinski definition) is 3. The Morgan fingerprint density at radius 1 is 1.19 bits per heavy atom. The van der Waals surface area contributed by atoms with Crippen LogP contribution in [0.5, 0.6) is 0 Å². The summed E-state index contributed by atoms with van der Waals surface area (Å²) in [6.45, 7) is 1.90. The van der Waals surface area contributed by atoms with Gasteiger partial charge in [-0.1, -0.05) is 41.4 Å². The van der Waals surface area contributed by atoms with Crippen LogP contribution in [-0.4, -0.2) is 8.42 Å². The van der Waals surface area contributed by atoms with E-state index in [0.717, 1.165) is 5.56 Å². The molecule has 2 aromatic carbocycles. The van der Waals surface area contributed by atoms with Gasteiger partial charge in [0.25, 0.3) is 0 Å². The molecule has 0 aliphatic rings. The minimum Gasteiger partial charge on any atom is -0.218 e. The molecule has 21 heavy (non-hydrogen) atoms. The minimum absolute atomic E-state index is 0.0485. The number of nitrogens with zero attached hydrogens (tertiary/aromatic N) is 1. The van der Waals surface area contributed by atoms with Crippen LogP contribution in [-0.2, 0) is 9.84 Å². The Morgan fingerprint density at radius 2 is 1.86 bits per heavy atom. The van der Waals surface area contributed by atoms with E-state index < -0.39 is 9.84 Å². The van der Waals surface area contributed by atoms with Gasteiger partial charge in [-0.3, -0.25) is 0 Å². The lowest BCUT2D eigenvalue weighted by Crippen LogP contribution is -2.03. The largest absolute Gasteiger partial charge is 0.218 e. The molecule has 2 aromatic rings. The summed E-state index contributed by atoms with van der Waals surface area (Å²) in [5, 5.41) is 9.62. The van der Waals surface area contributed by atoms with Crippen LogP contribution < -0.4 is 0 Å². The topological polar surface area (TPSA) is 57.9 Å². The van der Waals surface area contributed by atoms with Crippen molar-refractivity contribution in [3.8, 4) is 6.07 Å². The van der Waals surface area contributed by atoms with Gasteiger partial charge in [-0.15, -0.1) is 0 Å². The fourth-order valence-corrected chi connectivity index (χ4v) is 3.11. The van der Waals surface area contributed by atoms with E-state index in [2.05, 4.69) is 0 Å². The van der Waals surface area contributed by atoms with Gasteiger partial charge in [0.2, 0.25) is 9.84 Å². The van der Waals surface area contributed by atoms with Gasteiger partial charge >= 0.3 is 0 Å². The van der Waals surface area contributed by atoms with Crippen molar-refractivity contribution in [2.45, 2.75) is 11.8 Å². The van der Waals surface area contributed by atoms with E-state index in [0.29, 0.717) is 10.6 Å². The van der Waals surface area contributed by atoms with Gasteiger partial charge in [-0.05, 0) is 42.8 Å². The maximum atomic E-state index is 12.4. The first-order valence-electron chi connectivity index (χ1n) is 6.12. The Labute approximate surface area is 129 Å². The van der Waals surface area contributed by atoms with Gasteiger partial charge in [0, 0.05) is 5.02 Å². The molecule has 3 nitrogen and oxygen atoms in total. The third-order valence-corrected chi connectivity index (χ3v) is 4.80. The lowest BCUT2D eigenvalue weighted by molar-refractivity contribution is 0.603. The second kappa shape index (κ2) is 6.13. The molecule has 0 aliphatic carbocycles. The molecule has 0 saturated heterocycles. The Bertz CT molecular complexity index is 831. The third-order valence-electron chi connectivity index (χ3n) is 2.86. The van der Waals surface area contributed by atoms with E-state index >= 15 is 0 Å². The Balaban J connectivity index is 2.50. The molecule has 106 valence electrons. The molecule has 0 spiro atoms. The van der Waals surface area contributed by atoms with Crippen LogP contribution >= 0.6 is 11.6 Å². The molecule has 0 saturated carbocycles. The van der Waals surface area contributed by atoms with E-state index in [1.54, 1.807) is 12.1 Å². The average molecular weight is 318 g/mol. The quantitative estimate of drug-likeness (QED) is 0.804. The summed E-state index contributed by atoms with van der Waals surface area (Å²) in [6.07, 6.45) is 1.37. The van der Waals surface area contributed by atoms with Gasteiger partial charge in [-0.2, -0.15) is 5.26 Å². The van der Waals surface area contributed by atoms with E-state index in [1.807, 2.05) is 25.1 Å². The monoisotopic (exact) mass is 317 g/mol. The molecule has 0 radical (unpaired) electrons. The lowest BCUT2D eigenvalue weighted by atomic mass is 10.1. The predicted molar refractivity (Wildman–Crippen MR) is 83.4 cm³/mol. The number of rotatable bonds is 3. The van der Waals surface area contributed by atoms with Crippen molar-refractivity contribution in [1.29, 1.82) is 5.26 Å². The number of hydrogen-bond donors (Lipinski definition) is 0. The molecule has 2 rings (SSSR count). The van der Waals surface area contributed by atoms with Gasteiger partial charge in [0.05, 0.1) is 4.90 Å². The highest BCUT2D eigenvalue weighted by molar-refractivity contribution is 7.95. The molecular weight excluding hydrogens is 306 g/mol. The fourth-order valence-electron chi connectivity index (χ4n) is 1.82. The zero-order valence-electron chi connectivity index (χ0n) is 11.2. The molecule has 0 bridgehead atoms. The van der Waals surface area contributed by atoms with E-state index in [-0.39, 0.29) is 9.80 Å². The van der Waals surface area contributed by atoms with Crippen LogP contribution in [0.1, 0.15) is 11.1 Å². The first-order valence-corrected chi connectivity index (χ1v) is 7.99. The van der Waals surface area contributed by atoms with Crippen molar-refractivity contribution < 1.29 is 8.42 Å². The van der Waals surface area contributed by atoms with Crippen molar-refractivity contribution in [2.75, 3.05) is 0 Å². The number of halogens is 1. The molecule has 0 aromatic heterocycles. The first-order chi connectivity index (χ1) is 9.93. The molecular formula is C16H12ClNO2S. The first kappa shape index (κ1) is 15.3. The molecule has 0 atom stereocenters. The second-order valence-corrected chi connectivity index (χ2v) is 6.85. The lowest BCUT2D eigenvalue weighted by Gasteiger charge is -2.03. The summed E-state index contributed by atoms with van der Waals surface area (Å²) in [5.74, 6) is 0. The third kappa shape index (κ3) is 3.52. The van der Waals surface area contributed by atoms with Gasteiger partial charge in [0.15, 0.2) is 0 Å². The van der Waals surface area contributed by atoms with Crippen molar-refractivity contribution >= 4 is 27.5 Å². The summed E-state index contributed by atoms with van der Waals surface area (Å²) in [5.41, 5.74) is 1.66. The van der Waals surface area contributed by atoms with Crippen LogP contribution in [0.3, 0.4) is 0 Å². The predicted octanol–water partition coefficient (Wildman–Crippen LogP) is 3.99. The Hall–Kier alpha value is -2.09. The minimum atomic E-state index is -3.84. The highest BCUT2D eigenvalue weighted by Crippen LogP contribution is 2.23. The van der Waals surface area contributed by atoms with Crippen molar-refractivity contribution in [1.82, 2.24) is 0 Å². The number of sulfone groups is 1. The maximum Gasteiger partial charge on any atom is 0.216 e. The van der Waals surface area contributed by atoms with Crippen molar-refractivity contribution in [2.24, 2.45) is 0 Å². The van der Waals surface area contributed by atoms with Gasteiger partial charge < -0.3 is 0 Å². The zero-order chi connectivity index (χ0) is 15.5. The number of nitriles is 1. The Morgan fingerprint density at radius 3 is 2.43 bits per heavy atom. The van der Waals surface area contributed by atoms with E-state index in [4.69, 9.17) is 11.6 Å². The SMILES string of the molecule is Cc1cccc(C=C(C#N)S(=O)(=O)c2ccc(Cl)cc2)c1. The van der Waals surface area contributed by atoms with Crippen LogP contribution in [0.4, 0.5) is 0 Å².